The third-order valence-electron chi connectivity index (χ3n) is 4.61. The maximum atomic E-state index is 12.7. The summed E-state index contributed by atoms with van der Waals surface area (Å²) in [6, 6.07) is 5.00. The maximum absolute atomic E-state index is 12.7. The Bertz CT molecular complexity index is 844. The van der Waals surface area contributed by atoms with Crippen LogP contribution in [0.1, 0.15) is 52.3 Å². The van der Waals surface area contributed by atoms with Crippen LogP contribution in [0.25, 0.3) is 0 Å². The van der Waals surface area contributed by atoms with Crippen molar-refractivity contribution < 1.29 is 9.59 Å². The van der Waals surface area contributed by atoms with Crippen molar-refractivity contribution in [3.05, 3.63) is 40.2 Å². The predicted molar refractivity (Wildman–Crippen MR) is 103 cm³/mol. The highest BCUT2D eigenvalue weighted by Crippen LogP contribution is 2.23. The Morgan fingerprint density at radius 3 is 2.74 bits per heavy atom. The number of hydrogen-bond acceptors (Lipinski definition) is 5. The molecular formula is C18H23ClN6O2. The standard InChI is InChI=1S/C18H23ClN6O2/c1-3-21-17(26)14-10-12(19)4-5-15(14)22-18(27)16-11(2)25(24-23-16)13-6-8-20-9-7-13/h4-5,10,13,20H,3,6-9H2,1-2H3,(H,21,26)(H,22,27). The fourth-order valence-electron chi connectivity index (χ4n) is 3.20. The number of aromatic nitrogens is 3. The topological polar surface area (TPSA) is 101 Å². The SMILES string of the molecule is CCNC(=O)c1cc(Cl)ccc1NC(=O)c1nnn(C2CCNCC2)c1C. The minimum absolute atomic E-state index is 0.238. The van der Waals surface area contributed by atoms with Crippen molar-refractivity contribution in [2.24, 2.45) is 0 Å². The van der Waals surface area contributed by atoms with Crippen LogP contribution in [-0.4, -0.2) is 46.4 Å². The average molecular weight is 391 g/mol. The van der Waals surface area contributed by atoms with Crippen LogP contribution >= 0.6 is 11.6 Å². The Morgan fingerprint density at radius 2 is 2.04 bits per heavy atom. The number of carbonyl (C=O) groups is 2. The first-order valence-corrected chi connectivity index (χ1v) is 9.40. The van der Waals surface area contributed by atoms with Crippen molar-refractivity contribution in [2.75, 3.05) is 25.0 Å². The van der Waals surface area contributed by atoms with Gasteiger partial charge in [0.05, 0.1) is 23.0 Å². The van der Waals surface area contributed by atoms with E-state index in [9.17, 15) is 9.59 Å². The largest absolute Gasteiger partial charge is 0.352 e. The molecule has 2 heterocycles. The van der Waals surface area contributed by atoms with Crippen LogP contribution in [0.3, 0.4) is 0 Å². The quantitative estimate of drug-likeness (QED) is 0.726. The molecule has 0 saturated carbocycles. The second kappa shape index (κ2) is 8.49. The number of amides is 2. The highest BCUT2D eigenvalue weighted by Gasteiger charge is 2.24. The molecule has 1 aromatic heterocycles. The Morgan fingerprint density at radius 1 is 1.30 bits per heavy atom. The van der Waals surface area contributed by atoms with Crippen LogP contribution in [0, 0.1) is 6.92 Å². The number of nitrogens with one attached hydrogen (secondary N) is 3. The van der Waals surface area contributed by atoms with Crippen molar-refractivity contribution in [2.45, 2.75) is 32.7 Å². The van der Waals surface area contributed by atoms with Crippen LogP contribution in [-0.2, 0) is 0 Å². The number of halogens is 1. The molecule has 2 aromatic rings. The molecule has 27 heavy (non-hydrogen) atoms. The van der Waals surface area contributed by atoms with Crippen LogP contribution in [0.4, 0.5) is 5.69 Å². The Kier molecular flexibility index (Phi) is 6.08. The lowest BCUT2D eigenvalue weighted by Crippen LogP contribution is -2.30. The zero-order valence-electron chi connectivity index (χ0n) is 15.4. The summed E-state index contributed by atoms with van der Waals surface area (Å²) in [6.45, 7) is 5.98. The van der Waals surface area contributed by atoms with E-state index < -0.39 is 5.91 Å². The van der Waals surface area contributed by atoms with E-state index in [-0.39, 0.29) is 17.6 Å². The van der Waals surface area contributed by atoms with Gasteiger partial charge >= 0.3 is 0 Å². The first kappa shape index (κ1) is 19.3. The maximum Gasteiger partial charge on any atom is 0.278 e. The van der Waals surface area contributed by atoms with Gasteiger partial charge in [0, 0.05) is 11.6 Å². The van der Waals surface area contributed by atoms with Gasteiger partial charge in [-0.05, 0) is 58.0 Å². The van der Waals surface area contributed by atoms with E-state index in [4.69, 9.17) is 11.6 Å². The van der Waals surface area contributed by atoms with E-state index in [1.165, 1.54) is 6.07 Å². The molecule has 3 N–H and O–H groups in total. The lowest BCUT2D eigenvalue weighted by Gasteiger charge is -2.23. The number of anilines is 1. The lowest BCUT2D eigenvalue weighted by atomic mass is 10.1. The summed E-state index contributed by atoms with van der Waals surface area (Å²) in [7, 11) is 0. The molecule has 0 atom stereocenters. The van der Waals surface area contributed by atoms with Gasteiger partial charge in [0.15, 0.2) is 5.69 Å². The van der Waals surface area contributed by atoms with Crippen molar-refractivity contribution in [3.8, 4) is 0 Å². The normalized spacial score (nSPS) is 14.8. The van der Waals surface area contributed by atoms with Gasteiger partial charge in [-0.2, -0.15) is 0 Å². The summed E-state index contributed by atoms with van der Waals surface area (Å²) in [4.78, 5) is 25.0. The van der Waals surface area contributed by atoms with E-state index >= 15 is 0 Å². The third-order valence-corrected chi connectivity index (χ3v) is 4.84. The number of benzene rings is 1. The van der Waals surface area contributed by atoms with E-state index in [0.717, 1.165) is 25.9 Å². The smallest absolute Gasteiger partial charge is 0.278 e. The van der Waals surface area contributed by atoms with E-state index in [1.54, 1.807) is 12.1 Å². The zero-order valence-corrected chi connectivity index (χ0v) is 16.1. The molecule has 1 aliphatic heterocycles. The number of hydrogen-bond donors (Lipinski definition) is 3. The van der Waals surface area contributed by atoms with Gasteiger partial charge in [-0.15, -0.1) is 5.10 Å². The molecule has 0 bridgehead atoms. The van der Waals surface area contributed by atoms with Crippen molar-refractivity contribution >= 4 is 29.1 Å². The molecule has 1 saturated heterocycles. The molecule has 8 nitrogen and oxygen atoms in total. The predicted octanol–water partition coefficient (Wildman–Crippen LogP) is 2.17. The van der Waals surface area contributed by atoms with Gasteiger partial charge in [0.1, 0.15) is 0 Å². The molecule has 0 radical (unpaired) electrons. The minimum Gasteiger partial charge on any atom is -0.352 e. The molecule has 9 heteroatoms. The number of piperidine rings is 1. The van der Waals surface area contributed by atoms with Crippen LogP contribution in [0.2, 0.25) is 5.02 Å². The minimum atomic E-state index is -0.402. The van der Waals surface area contributed by atoms with Crippen LogP contribution in [0.5, 0.6) is 0 Å². The first-order valence-electron chi connectivity index (χ1n) is 9.02. The fraction of sp³-hybridized carbons (Fsp3) is 0.444. The summed E-state index contributed by atoms with van der Waals surface area (Å²) in [5, 5.41) is 17.5. The van der Waals surface area contributed by atoms with E-state index in [2.05, 4.69) is 26.3 Å². The summed E-state index contributed by atoms with van der Waals surface area (Å²) in [6.07, 6.45) is 1.90. The van der Waals surface area contributed by atoms with Gasteiger partial charge in [0.2, 0.25) is 0 Å². The molecule has 2 amide bonds. The molecule has 144 valence electrons. The first-order chi connectivity index (χ1) is 13.0. The van der Waals surface area contributed by atoms with Crippen molar-refractivity contribution in [3.63, 3.8) is 0 Å². The summed E-state index contributed by atoms with van der Waals surface area (Å²) < 4.78 is 1.82. The molecule has 0 unspecified atom stereocenters. The van der Waals surface area contributed by atoms with Gasteiger partial charge in [-0.1, -0.05) is 16.8 Å². The summed E-state index contributed by atoms with van der Waals surface area (Å²) in [5.41, 5.74) is 1.66. The molecular weight excluding hydrogens is 368 g/mol. The van der Waals surface area contributed by atoms with Crippen molar-refractivity contribution in [1.29, 1.82) is 0 Å². The Balaban J connectivity index is 1.82. The molecule has 1 aliphatic rings. The molecule has 0 spiro atoms. The summed E-state index contributed by atoms with van der Waals surface area (Å²) >= 11 is 6.01. The highest BCUT2D eigenvalue weighted by atomic mass is 35.5. The van der Waals surface area contributed by atoms with Gasteiger partial charge < -0.3 is 16.0 Å². The molecule has 3 rings (SSSR count). The molecule has 1 aromatic carbocycles. The second-order valence-corrected chi connectivity index (χ2v) is 6.89. The fourth-order valence-corrected chi connectivity index (χ4v) is 3.37. The van der Waals surface area contributed by atoms with E-state index in [1.807, 2.05) is 18.5 Å². The Hall–Kier alpha value is -2.45. The third kappa shape index (κ3) is 4.28. The van der Waals surface area contributed by atoms with E-state index in [0.29, 0.717) is 28.5 Å². The van der Waals surface area contributed by atoms with Crippen LogP contribution in [0.15, 0.2) is 18.2 Å². The molecule has 1 fully saturated rings. The average Bonchev–Trinajstić information content (AvgIpc) is 3.05. The number of carbonyl (C=O) groups excluding carboxylic acids is 2. The lowest BCUT2D eigenvalue weighted by molar-refractivity contribution is 0.0956. The van der Waals surface area contributed by atoms with Crippen molar-refractivity contribution in [1.82, 2.24) is 25.6 Å². The van der Waals surface area contributed by atoms with Crippen LogP contribution < -0.4 is 16.0 Å². The monoisotopic (exact) mass is 390 g/mol. The zero-order chi connectivity index (χ0) is 19.4. The second-order valence-electron chi connectivity index (χ2n) is 6.45. The molecule has 0 aliphatic carbocycles. The number of nitrogens with zero attached hydrogens (tertiary/aromatic N) is 3. The summed E-state index contributed by atoms with van der Waals surface area (Å²) in [5.74, 6) is -0.703. The van der Waals surface area contributed by atoms with Gasteiger partial charge in [-0.25, -0.2) is 4.68 Å². The van der Waals surface area contributed by atoms with Gasteiger partial charge in [-0.3, -0.25) is 9.59 Å². The number of rotatable bonds is 5. The van der Waals surface area contributed by atoms with Gasteiger partial charge in [0.25, 0.3) is 11.8 Å². The highest BCUT2D eigenvalue weighted by molar-refractivity contribution is 6.31. The Labute approximate surface area is 162 Å².